The lowest BCUT2D eigenvalue weighted by Gasteiger charge is -2.41. The summed E-state index contributed by atoms with van der Waals surface area (Å²) in [4.78, 5) is 9.23. The summed E-state index contributed by atoms with van der Waals surface area (Å²) in [6, 6.07) is 15.1. The van der Waals surface area contributed by atoms with Crippen LogP contribution >= 0.6 is 0 Å². The minimum Gasteiger partial charge on any atom is -0.495 e. The molecule has 2 aliphatic heterocycles. The van der Waals surface area contributed by atoms with E-state index in [1.54, 1.807) is 19.2 Å². The molecule has 2 fully saturated rings. The minimum atomic E-state index is -0.201. The van der Waals surface area contributed by atoms with E-state index in [0.717, 1.165) is 81.7 Å². The molecule has 0 aliphatic carbocycles. The Kier molecular flexibility index (Phi) is 7.15. The highest BCUT2D eigenvalue weighted by molar-refractivity contribution is 5.80. The number of ether oxygens (including phenoxy) is 2. The first-order chi connectivity index (χ1) is 15.6. The standard InChI is InChI=1S/C25H33FN4O2/c1-27-24(30-15-13-29(14-16-30)22-5-3-4-6-23(22)31-2)28-19-25(11-17-32-18-12-25)20-7-9-21(26)10-8-20/h3-10H,11-19H2,1-2H3,(H,27,28). The van der Waals surface area contributed by atoms with E-state index in [-0.39, 0.29) is 11.2 Å². The Morgan fingerprint density at radius 3 is 2.41 bits per heavy atom. The predicted molar refractivity (Wildman–Crippen MR) is 126 cm³/mol. The second-order valence-electron chi connectivity index (χ2n) is 8.45. The summed E-state index contributed by atoms with van der Waals surface area (Å²) < 4.78 is 24.7. The number of hydrogen-bond acceptors (Lipinski definition) is 4. The second kappa shape index (κ2) is 10.2. The number of aliphatic imine (C=N–C) groups is 1. The van der Waals surface area contributed by atoms with Crippen molar-refractivity contribution in [2.24, 2.45) is 4.99 Å². The molecule has 0 aromatic heterocycles. The van der Waals surface area contributed by atoms with Gasteiger partial charge in [-0.2, -0.15) is 0 Å². The van der Waals surface area contributed by atoms with Crippen LogP contribution in [0, 0.1) is 5.82 Å². The van der Waals surface area contributed by atoms with Crippen LogP contribution in [-0.2, 0) is 10.2 Å². The number of nitrogens with one attached hydrogen (secondary N) is 1. The average Bonchev–Trinajstić information content (AvgIpc) is 2.86. The topological polar surface area (TPSA) is 49.3 Å². The zero-order valence-electron chi connectivity index (χ0n) is 19.0. The van der Waals surface area contributed by atoms with Crippen molar-refractivity contribution in [1.82, 2.24) is 10.2 Å². The number of anilines is 1. The number of piperazine rings is 1. The first-order valence-corrected chi connectivity index (χ1v) is 11.3. The highest BCUT2D eigenvalue weighted by atomic mass is 19.1. The largest absolute Gasteiger partial charge is 0.495 e. The number of halogens is 1. The van der Waals surface area contributed by atoms with Crippen molar-refractivity contribution in [2.75, 3.05) is 65.0 Å². The number of para-hydroxylation sites is 2. The van der Waals surface area contributed by atoms with E-state index in [1.807, 2.05) is 37.4 Å². The predicted octanol–water partition coefficient (Wildman–Crippen LogP) is 3.28. The average molecular weight is 441 g/mol. The van der Waals surface area contributed by atoms with Crippen molar-refractivity contribution < 1.29 is 13.9 Å². The summed E-state index contributed by atoms with van der Waals surface area (Å²) in [5, 5.41) is 3.62. The molecule has 1 N–H and O–H groups in total. The van der Waals surface area contributed by atoms with Crippen LogP contribution in [0.4, 0.5) is 10.1 Å². The first-order valence-electron chi connectivity index (χ1n) is 11.3. The summed E-state index contributed by atoms with van der Waals surface area (Å²) in [6.07, 6.45) is 1.81. The van der Waals surface area contributed by atoms with Gasteiger partial charge in [0.15, 0.2) is 5.96 Å². The molecule has 0 amide bonds. The van der Waals surface area contributed by atoms with Gasteiger partial charge in [-0.25, -0.2) is 4.39 Å². The lowest BCUT2D eigenvalue weighted by Crippen LogP contribution is -2.55. The molecule has 0 radical (unpaired) electrons. The third-order valence-electron chi connectivity index (χ3n) is 6.71. The molecule has 2 saturated heterocycles. The maximum atomic E-state index is 13.5. The van der Waals surface area contributed by atoms with Crippen LogP contribution in [0.5, 0.6) is 5.75 Å². The van der Waals surface area contributed by atoms with Crippen LogP contribution in [-0.4, -0.2) is 71.0 Å². The smallest absolute Gasteiger partial charge is 0.193 e. The van der Waals surface area contributed by atoms with Gasteiger partial charge in [0.1, 0.15) is 11.6 Å². The molecule has 2 aliphatic rings. The van der Waals surface area contributed by atoms with Crippen molar-refractivity contribution in [1.29, 1.82) is 0 Å². The Balaban J connectivity index is 1.40. The molecule has 2 aromatic carbocycles. The van der Waals surface area contributed by atoms with Crippen molar-refractivity contribution in [3.05, 3.63) is 59.9 Å². The van der Waals surface area contributed by atoms with Crippen LogP contribution in [0.3, 0.4) is 0 Å². The van der Waals surface area contributed by atoms with Crippen molar-refractivity contribution >= 4 is 11.6 Å². The van der Waals surface area contributed by atoms with Crippen LogP contribution in [0.1, 0.15) is 18.4 Å². The maximum Gasteiger partial charge on any atom is 0.193 e. The third kappa shape index (κ3) is 4.83. The molecule has 172 valence electrons. The van der Waals surface area contributed by atoms with Crippen LogP contribution < -0.4 is 15.0 Å². The molecular weight excluding hydrogens is 407 g/mol. The van der Waals surface area contributed by atoms with Gasteiger partial charge in [0.2, 0.25) is 0 Å². The van der Waals surface area contributed by atoms with Crippen LogP contribution in [0.15, 0.2) is 53.5 Å². The molecular formula is C25H33FN4O2. The monoisotopic (exact) mass is 440 g/mol. The maximum absolute atomic E-state index is 13.5. The molecule has 6 nitrogen and oxygen atoms in total. The molecule has 0 unspecified atom stereocenters. The van der Waals surface area contributed by atoms with Crippen LogP contribution in [0.25, 0.3) is 0 Å². The first kappa shape index (κ1) is 22.4. The molecule has 7 heteroatoms. The van der Waals surface area contributed by atoms with Crippen molar-refractivity contribution in [3.63, 3.8) is 0 Å². The lowest BCUT2D eigenvalue weighted by molar-refractivity contribution is 0.0511. The third-order valence-corrected chi connectivity index (χ3v) is 6.71. The minimum absolute atomic E-state index is 0.0822. The Hall–Kier alpha value is -2.80. The van der Waals surface area contributed by atoms with Gasteiger partial charge < -0.3 is 24.6 Å². The normalized spacial score (nSPS) is 19.0. The SMILES string of the molecule is CN=C(NCC1(c2ccc(F)cc2)CCOCC1)N1CCN(c2ccccc2OC)CC1. The lowest BCUT2D eigenvalue weighted by atomic mass is 9.74. The molecule has 2 heterocycles. The Morgan fingerprint density at radius 2 is 1.75 bits per heavy atom. The molecule has 0 atom stereocenters. The van der Waals surface area contributed by atoms with Gasteiger partial charge in [-0.05, 0) is 42.7 Å². The summed E-state index contributed by atoms with van der Waals surface area (Å²) in [5.41, 5.74) is 2.21. The van der Waals surface area contributed by atoms with E-state index in [9.17, 15) is 4.39 Å². The van der Waals surface area contributed by atoms with Crippen molar-refractivity contribution in [3.8, 4) is 5.75 Å². The number of benzene rings is 2. The highest BCUT2D eigenvalue weighted by Crippen LogP contribution is 2.34. The van der Waals surface area contributed by atoms with Crippen molar-refractivity contribution in [2.45, 2.75) is 18.3 Å². The zero-order valence-corrected chi connectivity index (χ0v) is 19.0. The van der Waals surface area contributed by atoms with Gasteiger partial charge in [-0.15, -0.1) is 0 Å². The summed E-state index contributed by atoms with van der Waals surface area (Å²) in [5.74, 6) is 1.62. The Morgan fingerprint density at radius 1 is 1.06 bits per heavy atom. The molecule has 4 rings (SSSR count). The number of nitrogens with zero attached hydrogens (tertiary/aromatic N) is 3. The van der Waals surface area contributed by atoms with Gasteiger partial charge in [-0.3, -0.25) is 4.99 Å². The summed E-state index contributed by atoms with van der Waals surface area (Å²) in [6.45, 7) is 5.75. The van der Waals surface area contributed by atoms with E-state index in [2.05, 4.69) is 26.2 Å². The van der Waals surface area contributed by atoms with Gasteiger partial charge in [0.25, 0.3) is 0 Å². The molecule has 0 saturated carbocycles. The molecule has 2 aromatic rings. The second-order valence-corrected chi connectivity index (χ2v) is 8.45. The molecule has 0 bridgehead atoms. The van der Waals surface area contributed by atoms with Gasteiger partial charge in [0.05, 0.1) is 12.8 Å². The van der Waals surface area contributed by atoms with Gasteiger partial charge >= 0.3 is 0 Å². The fourth-order valence-electron chi connectivity index (χ4n) is 4.76. The van der Waals surface area contributed by atoms with E-state index in [0.29, 0.717) is 0 Å². The van der Waals surface area contributed by atoms with Crippen LogP contribution in [0.2, 0.25) is 0 Å². The number of guanidine groups is 1. The fraction of sp³-hybridized carbons (Fsp3) is 0.480. The van der Waals surface area contributed by atoms with E-state index < -0.39 is 0 Å². The summed E-state index contributed by atoms with van der Waals surface area (Å²) in [7, 11) is 3.55. The van der Waals surface area contributed by atoms with Gasteiger partial charge in [-0.1, -0.05) is 24.3 Å². The number of hydrogen-bond donors (Lipinski definition) is 1. The fourth-order valence-corrected chi connectivity index (χ4v) is 4.76. The van der Waals surface area contributed by atoms with E-state index in [1.165, 1.54) is 0 Å². The highest BCUT2D eigenvalue weighted by Gasteiger charge is 2.35. The van der Waals surface area contributed by atoms with Gasteiger partial charge in [0, 0.05) is 58.4 Å². The Labute approximate surface area is 190 Å². The zero-order chi connectivity index (χ0) is 22.4. The van der Waals surface area contributed by atoms with E-state index in [4.69, 9.17) is 9.47 Å². The number of methoxy groups -OCH3 is 1. The van der Waals surface area contributed by atoms with E-state index >= 15 is 0 Å². The summed E-state index contributed by atoms with van der Waals surface area (Å²) >= 11 is 0. The Bertz CT molecular complexity index is 904. The molecule has 0 spiro atoms. The quantitative estimate of drug-likeness (QED) is 0.571. The molecule has 32 heavy (non-hydrogen) atoms. The number of rotatable bonds is 5.